The van der Waals surface area contributed by atoms with E-state index in [-0.39, 0.29) is 24.0 Å². The highest BCUT2D eigenvalue weighted by atomic mass is 127. The van der Waals surface area contributed by atoms with Crippen LogP contribution in [0.25, 0.3) is 0 Å². The Balaban J connectivity index is 0.00000450. The molecule has 1 aliphatic heterocycles. The number of nitrogens with zero attached hydrogens (tertiary/aromatic N) is 3. The number of nitrogens with one attached hydrogen (secondary N) is 2. The molecule has 1 saturated heterocycles. The van der Waals surface area contributed by atoms with Crippen molar-refractivity contribution in [2.75, 3.05) is 53.0 Å². The first-order valence-electron chi connectivity index (χ1n) is 11.2. The fourth-order valence-corrected chi connectivity index (χ4v) is 3.72. The van der Waals surface area contributed by atoms with Crippen molar-refractivity contribution in [1.29, 1.82) is 0 Å². The van der Waals surface area contributed by atoms with E-state index in [9.17, 15) is 0 Å². The van der Waals surface area contributed by atoms with Gasteiger partial charge in [-0.2, -0.15) is 0 Å². The van der Waals surface area contributed by atoms with E-state index < -0.39 is 0 Å². The van der Waals surface area contributed by atoms with Gasteiger partial charge in [0.05, 0.1) is 13.2 Å². The molecule has 2 N–H and O–H groups in total. The summed E-state index contributed by atoms with van der Waals surface area (Å²) >= 11 is 0. The summed E-state index contributed by atoms with van der Waals surface area (Å²) in [5, 5.41) is 7.04. The van der Waals surface area contributed by atoms with Gasteiger partial charge in [-0.25, -0.2) is 0 Å². The molecular weight excluding hydrogens is 489 g/mol. The molecule has 0 radical (unpaired) electrons. The molecule has 0 saturated carbocycles. The molecule has 172 valence electrons. The van der Waals surface area contributed by atoms with E-state index in [0.29, 0.717) is 6.04 Å². The normalized spacial score (nSPS) is 16.2. The molecule has 1 heterocycles. The van der Waals surface area contributed by atoms with Gasteiger partial charge in [0.2, 0.25) is 0 Å². The molecule has 0 amide bonds. The quantitative estimate of drug-likeness (QED) is 0.261. The third kappa shape index (κ3) is 9.94. The Morgan fingerprint density at radius 1 is 1.17 bits per heavy atom. The van der Waals surface area contributed by atoms with Gasteiger partial charge in [0.15, 0.2) is 5.96 Å². The highest BCUT2D eigenvalue weighted by Gasteiger charge is 2.13. The van der Waals surface area contributed by atoms with Crippen LogP contribution in [0.4, 0.5) is 0 Å². The topological polar surface area (TPSA) is 52.1 Å². The molecule has 0 spiro atoms. The number of hydrogen-bond donors (Lipinski definition) is 2. The van der Waals surface area contributed by atoms with Crippen LogP contribution in [0.3, 0.4) is 0 Å². The second-order valence-electron chi connectivity index (χ2n) is 7.80. The fraction of sp³-hybridized carbons (Fsp3) is 0.696. The molecule has 1 fully saturated rings. The summed E-state index contributed by atoms with van der Waals surface area (Å²) in [6.07, 6.45) is 2.35. The number of benzene rings is 1. The zero-order valence-corrected chi connectivity index (χ0v) is 21.7. The number of rotatable bonds is 11. The van der Waals surface area contributed by atoms with Gasteiger partial charge in [-0.05, 0) is 50.5 Å². The third-order valence-electron chi connectivity index (χ3n) is 5.67. The zero-order valence-electron chi connectivity index (χ0n) is 19.3. The van der Waals surface area contributed by atoms with Crippen molar-refractivity contribution in [3.8, 4) is 0 Å². The summed E-state index contributed by atoms with van der Waals surface area (Å²) in [5.74, 6) is 0.876. The van der Waals surface area contributed by atoms with Gasteiger partial charge in [-0.15, -0.1) is 24.0 Å². The second kappa shape index (κ2) is 15.8. The van der Waals surface area contributed by atoms with Crippen LogP contribution in [0.15, 0.2) is 29.3 Å². The summed E-state index contributed by atoms with van der Waals surface area (Å²) in [4.78, 5) is 9.36. The number of ether oxygens (including phenoxy) is 1. The Bertz CT molecular complexity index is 603. The summed E-state index contributed by atoms with van der Waals surface area (Å²) in [5.41, 5.74) is 2.71. The zero-order chi connectivity index (χ0) is 20.9. The summed E-state index contributed by atoms with van der Waals surface area (Å²) in [7, 11) is 1.84. The molecule has 1 aromatic rings. The molecule has 1 unspecified atom stereocenters. The molecule has 1 aromatic carbocycles. The first-order valence-corrected chi connectivity index (χ1v) is 11.2. The predicted octanol–water partition coefficient (Wildman–Crippen LogP) is 3.31. The lowest BCUT2D eigenvalue weighted by atomic mass is 10.1. The van der Waals surface area contributed by atoms with E-state index >= 15 is 0 Å². The largest absolute Gasteiger partial charge is 0.379 e. The minimum atomic E-state index is 0. The Morgan fingerprint density at radius 3 is 2.47 bits per heavy atom. The second-order valence-corrected chi connectivity index (χ2v) is 7.80. The van der Waals surface area contributed by atoms with Crippen molar-refractivity contribution in [1.82, 2.24) is 20.4 Å². The summed E-state index contributed by atoms with van der Waals surface area (Å²) < 4.78 is 5.47. The van der Waals surface area contributed by atoms with Crippen LogP contribution in [-0.4, -0.2) is 74.8 Å². The molecule has 1 aliphatic rings. The maximum absolute atomic E-state index is 5.47. The van der Waals surface area contributed by atoms with Crippen molar-refractivity contribution >= 4 is 29.9 Å². The standard InChI is InChI=1S/C23H41N5O.HI/c1-5-27(6-2)13-9-10-20(3)26-23(24-4)25-18-21-11-7-8-12-22(21)19-28-14-16-29-17-15-28;/h7-8,11-12,20H,5-6,9-10,13-19H2,1-4H3,(H2,24,25,26);1H. The average molecular weight is 532 g/mol. The lowest BCUT2D eigenvalue weighted by molar-refractivity contribution is 0.0341. The number of aliphatic imine (C=N–C) groups is 1. The van der Waals surface area contributed by atoms with E-state index in [1.807, 2.05) is 7.05 Å². The van der Waals surface area contributed by atoms with Gasteiger partial charge >= 0.3 is 0 Å². The monoisotopic (exact) mass is 531 g/mol. The summed E-state index contributed by atoms with van der Waals surface area (Å²) in [6, 6.07) is 9.10. The molecule has 1 atom stereocenters. The number of guanidine groups is 1. The van der Waals surface area contributed by atoms with Crippen molar-refractivity contribution < 1.29 is 4.74 Å². The van der Waals surface area contributed by atoms with Gasteiger partial charge in [0.1, 0.15) is 0 Å². The van der Waals surface area contributed by atoms with Gasteiger partial charge in [-0.3, -0.25) is 9.89 Å². The first-order chi connectivity index (χ1) is 14.2. The van der Waals surface area contributed by atoms with Crippen LogP contribution in [0.2, 0.25) is 0 Å². The maximum atomic E-state index is 5.47. The van der Waals surface area contributed by atoms with Crippen LogP contribution in [-0.2, 0) is 17.8 Å². The Kier molecular flexibility index (Phi) is 14.3. The van der Waals surface area contributed by atoms with Crippen molar-refractivity contribution in [2.45, 2.75) is 52.7 Å². The van der Waals surface area contributed by atoms with Crippen LogP contribution in [0.1, 0.15) is 44.7 Å². The van der Waals surface area contributed by atoms with Crippen LogP contribution in [0, 0.1) is 0 Å². The number of halogens is 1. The Morgan fingerprint density at radius 2 is 1.83 bits per heavy atom. The SMILES string of the molecule is CCN(CC)CCCC(C)NC(=NC)NCc1ccccc1CN1CCOCC1.I. The maximum Gasteiger partial charge on any atom is 0.191 e. The first kappa shape index (κ1) is 27.1. The molecule has 0 aliphatic carbocycles. The fourth-order valence-electron chi connectivity index (χ4n) is 3.72. The molecule has 30 heavy (non-hydrogen) atoms. The lowest BCUT2D eigenvalue weighted by Crippen LogP contribution is -2.42. The van der Waals surface area contributed by atoms with E-state index in [1.165, 1.54) is 24.1 Å². The number of morpholine rings is 1. The van der Waals surface area contributed by atoms with Crippen molar-refractivity contribution in [3.05, 3.63) is 35.4 Å². The molecule has 2 rings (SSSR count). The number of hydrogen-bond acceptors (Lipinski definition) is 4. The highest BCUT2D eigenvalue weighted by molar-refractivity contribution is 14.0. The smallest absolute Gasteiger partial charge is 0.191 e. The van der Waals surface area contributed by atoms with Gasteiger partial charge in [0, 0.05) is 39.3 Å². The van der Waals surface area contributed by atoms with Crippen LogP contribution >= 0.6 is 24.0 Å². The van der Waals surface area contributed by atoms with E-state index in [0.717, 1.165) is 64.9 Å². The molecule has 0 aromatic heterocycles. The van der Waals surface area contributed by atoms with Gasteiger partial charge in [0.25, 0.3) is 0 Å². The van der Waals surface area contributed by atoms with Crippen LogP contribution < -0.4 is 10.6 Å². The van der Waals surface area contributed by atoms with Gasteiger partial charge < -0.3 is 20.3 Å². The minimum absolute atomic E-state index is 0. The van der Waals surface area contributed by atoms with E-state index in [2.05, 4.69) is 70.5 Å². The lowest BCUT2D eigenvalue weighted by Gasteiger charge is -2.27. The Hall–Kier alpha value is -0.900. The highest BCUT2D eigenvalue weighted by Crippen LogP contribution is 2.13. The van der Waals surface area contributed by atoms with Gasteiger partial charge in [-0.1, -0.05) is 38.1 Å². The molecule has 7 heteroatoms. The van der Waals surface area contributed by atoms with Crippen molar-refractivity contribution in [3.63, 3.8) is 0 Å². The minimum Gasteiger partial charge on any atom is -0.379 e. The Labute approximate surface area is 200 Å². The third-order valence-corrected chi connectivity index (χ3v) is 5.67. The summed E-state index contributed by atoms with van der Waals surface area (Å²) in [6.45, 7) is 15.6. The molecular formula is C23H42IN5O. The molecule has 6 nitrogen and oxygen atoms in total. The average Bonchev–Trinajstić information content (AvgIpc) is 2.76. The van der Waals surface area contributed by atoms with Crippen LogP contribution in [0.5, 0.6) is 0 Å². The molecule has 0 bridgehead atoms. The predicted molar refractivity (Wildman–Crippen MR) is 138 cm³/mol. The van der Waals surface area contributed by atoms with E-state index in [1.54, 1.807) is 0 Å². The van der Waals surface area contributed by atoms with E-state index in [4.69, 9.17) is 4.74 Å². The van der Waals surface area contributed by atoms with Crippen molar-refractivity contribution in [2.24, 2.45) is 4.99 Å².